The number of benzene rings is 4. The van der Waals surface area contributed by atoms with E-state index in [0.717, 1.165) is 39.0 Å². The van der Waals surface area contributed by atoms with Gasteiger partial charge in [-0.25, -0.2) is 0 Å². The Hall–Kier alpha value is -4.12. The first-order chi connectivity index (χ1) is 18.5. The molecule has 39 heavy (non-hydrogen) atoms. The zero-order chi connectivity index (χ0) is 27.7. The summed E-state index contributed by atoms with van der Waals surface area (Å²) in [4.78, 5) is 0. The number of para-hydroxylation sites is 2. The Morgan fingerprint density at radius 2 is 1.31 bits per heavy atom. The highest BCUT2D eigenvalue weighted by Crippen LogP contribution is 2.45. The van der Waals surface area contributed by atoms with E-state index in [2.05, 4.69) is 45.9 Å². The van der Waals surface area contributed by atoms with Crippen LogP contribution in [0.5, 0.6) is 0 Å². The number of alkyl halides is 3. The van der Waals surface area contributed by atoms with E-state index >= 15 is 0 Å². The van der Waals surface area contributed by atoms with E-state index in [1.165, 1.54) is 11.6 Å². The molecular formula is C34H30F3N2+. The number of halogens is 3. The quantitative estimate of drug-likeness (QED) is 0.200. The highest BCUT2D eigenvalue weighted by atomic mass is 19.4. The van der Waals surface area contributed by atoms with Gasteiger partial charge in [-0.05, 0) is 58.5 Å². The molecule has 4 aromatic carbocycles. The standard InChI is InChI=1S/C34H30F3N2/c1-21-23-15-9-10-16-24(23)27(33(2,3)4)19-26(21)31-32-30(28(20-38(31)5)34(35,36)37)25-17-11-12-18-29(25)39(32)22-13-7-6-8-14-22/h6-20H,1-5H3/q+1. The number of rotatable bonds is 2. The molecule has 6 aromatic rings. The summed E-state index contributed by atoms with van der Waals surface area (Å²) in [7, 11) is 1.72. The average Bonchev–Trinajstić information content (AvgIpc) is 3.23. The third kappa shape index (κ3) is 3.91. The Kier molecular flexibility index (Phi) is 5.62. The fourth-order valence-corrected chi connectivity index (χ4v) is 5.99. The molecule has 0 unspecified atom stereocenters. The molecule has 0 saturated heterocycles. The first kappa shape index (κ1) is 25.2. The van der Waals surface area contributed by atoms with Gasteiger partial charge in [0.25, 0.3) is 0 Å². The van der Waals surface area contributed by atoms with Crippen molar-refractivity contribution in [1.82, 2.24) is 4.57 Å². The maximum absolute atomic E-state index is 14.7. The maximum Gasteiger partial charge on any atom is 0.422 e. The van der Waals surface area contributed by atoms with Crippen molar-refractivity contribution < 1.29 is 17.7 Å². The topological polar surface area (TPSA) is 8.81 Å². The molecule has 0 radical (unpaired) electrons. The summed E-state index contributed by atoms with van der Waals surface area (Å²) in [6.45, 7) is 8.61. The highest BCUT2D eigenvalue weighted by Gasteiger charge is 2.40. The number of hydrogen-bond acceptors (Lipinski definition) is 0. The molecule has 2 heterocycles. The zero-order valence-electron chi connectivity index (χ0n) is 22.7. The summed E-state index contributed by atoms with van der Waals surface area (Å²) >= 11 is 0. The molecule has 0 aliphatic heterocycles. The Labute approximate surface area is 225 Å². The summed E-state index contributed by atoms with van der Waals surface area (Å²) < 4.78 is 47.6. The van der Waals surface area contributed by atoms with Gasteiger partial charge in [0.05, 0.1) is 11.1 Å². The van der Waals surface area contributed by atoms with Crippen molar-refractivity contribution in [3.05, 3.63) is 108 Å². The molecule has 0 N–H and O–H groups in total. The lowest BCUT2D eigenvalue weighted by molar-refractivity contribution is -0.660. The Morgan fingerprint density at radius 1 is 0.718 bits per heavy atom. The van der Waals surface area contributed by atoms with Gasteiger partial charge in [-0.2, -0.15) is 17.7 Å². The zero-order valence-corrected chi connectivity index (χ0v) is 22.7. The third-order valence-corrected chi connectivity index (χ3v) is 7.74. The van der Waals surface area contributed by atoms with E-state index < -0.39 is 11.7 Å². The lowest BCUT2D eigenvalue weighted by Gasteiger charge is -2.24. The molecule has 6 rings (SSSR count). The predicted molar refractivity (Wildman–Crippen MR) is 153 cm³/mol. The summed E-state index contributed by atoms with van der Waals surface area (Å²) in [5.41, 5.74) is 5.20. The largest absolute Gasteiger partial charge is 0.422 e. The lowest BCUT2D eigenvalue weighted by atomic mass is 9.80. The van der Waals surface area contributed by atoms with Crippen LogP contribution in [-0.4, -0.2) is 4.57 Å². The van der Waals surface area contributed by atoms with E-state index in [4.69, 9.17) is 0 Å². The molecule has 0 spiro atoms. The van der Waals surface area contributed by atoms with Gasteiger partial charge in [0, 0.05) is 16.5 Å². The molecule has 0 aliphatic rings. The molecule has 0 fully saturated rings. The normalized spacial score (nSPS) is 12.6. The fraction of sp³-hybridized carbons (Fsp3) is 0.206. The average molecular weight is 524 g/mol. The van der Waals surface area contributed by atoms with Crippen LogP contribution >= 0.6 is 0 Å². The minimum absolute atomic E-state index is 0.169. The van der Waals surface area contributed by atoms with Crippen LogP contribution in [0.15, 0.2) is 91.1 Å². The van der Waals surface area contributed by atoms with Gasteiger partial charge in [0.2, 0.25) is 5.69 Å². The molecule has 0 amide bonds. The minimum atomic E-state index is -4.52. The van der Waals surface area contributed by atoms with Crippen molar-refractivity contribution in [2.75, 3.05) is 0 Å². The van der Waals surface area contributed by atoms with Crippen molar-refractivity contribution >= 4 is 32.6 Å². The van der Waals surface area contributed by atoms with Crippen LogP contribution in [0.1, 0.15) is 37.5 Å². The molecule has 0 bridgehead atoms. The van der Waals surface area contributed by atoms with E-state index in [1.54, 1.807) is 17.7 Å². The molecule has 0 saturated carbocycles. The van der Waals surface area contributed by atoms with Crippen molar-refractivity contribution in [1.29, 1.82) is 0 Å². The van der Waals surface area contributed by atoms with Crippen LogP contribution in [0.25, 0.3) is 49.5 Å². The van der Waals surface area contributed by atoms with Crippen molar-refractivity contribution in [2.24, 2.45) is 7.05 Å². The van der Waals surface area contributed by atoms with Crippen LogP contribution in [0.3, 0.4) is 0 Å². The monoisotopic (exact) mass is 523 g/mol. The molecule has 5 heteroatoms. The summed E-state index contributed by atoms with van der Waals surface area (Å²) in [5.74, 6) is 0. The van der Waals surface area contributed by atoms with E-state index in [1.807, 2.05) is 65.2 Å². The number of nitrogens with zero attached hydrogens (tertiary/aromatic N) is 2. The first-order valence-corrected chi connectivity index (χ1v) is 13.1. The molecule has 0 aliphatic carbocycles. The lowest BCUT2D eigenvalue weighted by Crippen LogP contribution is -2.34. The van der Waals surface area contributed by atoms with Crippen LogP contribution in [0, 0.1) is 6.92 Å². The molecule has 196 valence electrons. The van der Waals surface area contributed by atoms with Crippen LogP contribution in [0.4, 0.5) is 13.2 Å². The second-order valence-corrected chi connectivity index (χ2v) is 11.3. The van der Waals surface area contributed by atoms with E-state index in [0.29, 0.717) is 10.9 Å². The highest BCUT2D eigenvalue weighted by molar-refractivity contribution is 6.14. The van der Waals surface area contributed by atoms with Crippen LogP contribution in [0.2, 0.25) is 0 Å². The molecular weight excluding hydrogens is 493 g/mol. The van der Waals surface area contributed by atoms with E-state index in [-0.39, 0.29) is 10.8 Å². The van der Waals surface area contributed by atoms with Crippen LogP contribution < -0.4 is 4.57 Å². The van der Waals surface area contributed by atoms with Gasteiger partial charge >= 0.3 is 6.18 Å². The van der Waals surface area contributed by atoms with Crippen LogP contribution in [-0.2, 0) is 18.6 Å². The molecule has 2 aromatic heterocycles. The fourth-order valence-electron chi connectivity index (χ4n) is 5.99. The van der Waals surface area contributed by atoms with Gasteiger partial charge in [0.1, 0.15) is 18.1 Å². The predicted octanol–water partition coefficient (Wildman–Crippen LogP) is 9.05. The summed E-state index contributed by atoms with van der Waals surface area (Å²) in [5, 5.41) is 3.08. The first-order valence-electron chi connectivity index (χ1n) is 13.1. The Bertz CT molecular complexity index is 1890. The summed E-state index contributed by atoms with van der Waals surface area (Å²) in [6.07, 6.45) is -3.26. The second kappa shape index (κ2) is 8.70. The van der Waals surface area contributed by atoms with Gasteiger partial charge in [0.15, 0.2) is 6.20 Å². The maximum atomic E-state index is 14.7. The smallest absolute Gasteiger partial charge is 0.303 e. The van der Waals surface area contributed by atoms with Gasteiger partial charge in [-0.3, -0.25) is 0 Å². The third-order valence-electron chi connectivity index (χ3n) is 7.74. The van der Waals surface area contributed by atoms with Gasteiger partial charge < -0.3 is 4.57 Å². The van der Waals surface area contributed by atoms with Crippen molar-refractivity contribution in [3.63, 3.8) is 0 Å². The molecule has 0 atom stereocenters. The number of aryl methyl sites for hydroxylation is 2. The Balaban J connectivity index is 1.90. The number of hydrogen-bond donors (Lipinski definition) is 0. The van der Waals surface area contributed by atoms with Crippen molar-refractivity contribution in [2.45, 2.75) is 39.3 Å². The number of aromatic nitrogens is 2. The minimum Gasteiger partial charge on any atom is -0.303 e. The second-order valence-electron chi connectivity index (χ2n) is 11.3. The van der Waals surface area contributed by atoms with Gasteiger partial charge in [-0.1, -0.05) is 81.4 Å². The van der Waals surface area contributed by atoms with Crippen molar-refractivity contribution in [3.8, 4) is 16.9 Å². The SMILES string of the molecule is Cc1c(-c2c3c(c(C(F)(F)F)c[n+]2C)c2ccccc2n3-c2ccccc2)cc(C(C)(C)C)c2ccccc12. The van der Waals surface area contributed by atoms with E-state index in [9.17, 15) is 13.2 Å². The number of fused-ring (bicyclic) bond motifs is 4. The molecule has 2 nitrogen and oxygen atoms in total. The van der Waals surface area contributed by atoms with Gasteiger partial charge in [-0.15, -0.1) is 0 Å². The Morgan fingerprint density at radius 3 is 1.95 bits per heavy atom. The number of pyridine rings is 1. The summed E-state index contributed by atoms with van der Waals surface area (Å²) in [6, 6.07) is 27.5.